The molecule has 0 bridgehead atoms. The molecule has 0 saturated heterocycles. The molecule has 4 aromatic rings. The fourth-order valence-corrected chi connectivity index (χ4v) is 4.66. The molecule has 2 aromatic carbocycles. The Morgan fingerprint density at radius 1 is 0.774 bits per heavy atom. The van der Waals surface area contributed by atoms with Crippen LogP contribution in [0, 0.1) is 23.0 Å². The number of thiophene rings is 2. The lowest BCUT2D eigenvalue weighted by molar-refractivity contribution is -0.136. The number of halogens is 2. The molecule has 0 amide bonds. The predicted octanol–water partition coefficient (Wildman–Crippen LogP) is 6.80. The van der Waals surface area contributed by atoms with Crippen LogP contribution < -0.4 is 0 Å². The van der Waals surface area contributed by atoms with Gasteiger partial charge in [-0.05, 0) is 59.7 Å². The van der Waals surface area contributed by atoms with Gasteiger partial charge in [-0.1, -0.05) is 24.3 Å². The number of aliphatic carboxylic acids is 1. The van der Waals surface area contributed by atoms with Crippen molar-refractivity contribution in [2.24, 2.45) is 0 Å². The van der Waals surface area contributed by atoms with Crippen LogP contribution in [0.1, 0.15) is 9.75 Å². The second-order valence-corrected chi connectivity index (χ2v) is 8.79. The first kappa shape index (κ1) is 22.3. The quantitative estimate of drug-likeness (QED) is 0.361. The van der Waals surface area contributed by atoms with Crippen molar-refractivity contribution in [3.63, 3.8) is 0 Å². The van der Waals surface area contributed by atoms with E-state index in [9.17, 15) is 13.6 Å². The van der Waals surface area contributed by atoms with Gasteiger partial charge in [0.05, 0.1) is 18.9 Å². The van der Waals surface area contributed by atoms with Crippen LogP contribution in [0.4, 0.5) is 8.78 Å². The van der Waals surface area contributed by atoms with Crippen LogP contribution in [0.15, 0.2) is 72.8 Å². The normalized spacial score (nSPS) is 10.1. The molecule has 0 saturated carbocycles. The van der Waals surface area contributed by atoms with Gasteiger partial charge in [-0.3, -0.25) is 4.79 Å². The van der Waals surface area contributed by atoms with Gasteiger partial charge in [0.1, 0.15) is 11.6 Å². The predicted molar refractivity (Wildman–Crippen MR) is 120 cm³/mol. The molecule has 7 heteroatoms. The van der Waals surface area contributed by atoms with Gasteiger partial charge in [-0.2, -0.15) is 5.26 Å². The van der Waals surface area contributed by atoms with Gasteiger partial charge < -0.3 is 5.11 Å². The third-order valence-electron chi connectivity index (χ3n) is 4.16. The molecule has 0 atom stereocenters. The standard InChI is InChI=1S/C12H8FNS.C12H9FO2S/c13-10-3-1-9(2-4-10)12-6-5-11(15-12)7-8-14;13-9-3-1-8(2-4-9)11-6-5-10(16-11)7-12(14)15/h1-6H,7H2;1-6H,7H2,(H,14,15). The van der Waals surface area contributed by atoms with Crippen LogP contribution in [-0.4, -0.2) is 11.1 Å². The first-order valence-corrected chi connectivity index (χ1v) is 10.9. The number of carbonyl (C=O) groups is 1. The average Bonchev–Trinajstić information content (AvgIpc) is 3.39. The number of hydrogen-bond acceptors (Lipinski definition) is 4. The van der Waals surface area contributed by atoms with Gasteiger partial charge in [-0.25, -0.2) is 8.78 Å². The fraction of sp³-hybridized carbons (Fsp3) is 0.0833. The average molecular weight is 454 g/mol. The maximum Gasteiger partial charge on any atom is 0.308 e. The maximum absolute atomic E-state index is 12.7. The number of nitriles is 1. The molecule has 3 nitrogen and oxygen atoms in total. The van der Waals surface area contributed by atoms with Gasteiger partial charge in [0.15, 0.2) is 0 Å². The Morgan fingerprint density at radius 3 is 1.68 bits per heavy atom. The number of carboxylic acids is 1. The number of nitrogens with zero attached hydrogens (tertiary/aromatic N) is 1. The molecule has 0 aliphatic carbocycles. The van der Waals surface area contributed by atoms with E-state index in [4.69, 9.17) is 10.4 Å². The van der Waals surface area contributed by atoms with Crippen LogP contribution in [-0.2, 0) is 17.6 Å². The van der Waals surface area contributed by atoms with Crippen molar-refractivity contribution >= 4 is 28.6 Å². The molecule has 4 rings (SSSR count). The number of hydrogen-bond donors (Lipinski definition) is 1. The van der Waals surface area contributed by atoms with Crippen molar-refractivity contribution < 1.29 is 18.7 Å². The summed E-state index contributed by atoms with van der Waals surface area (Å²) in [6.45, 7) is 0. The highest BCUT2D eigenvalue weighted by molar-refractivity contribution is 7.15. The molecule has 0 aliphatic heterocycles. The molecule has 0 unspecified atom stereocenters. The van der Waals surface area contributed by atoms with Gasteiger partial charge in [0, 0.05) is 19.5 Å². The van der Waals surface area contributed by atoms with E-state index in [2.05, 4.69) is 6.07 Å². The molecule has 2 heterocycles. The molecular formula is C24H17F2NO2S2. The summed E-state index contributed by atoms with van der Waals surface area (Å²) in [7, 11) is 0. The van der Waals surface area contributed by atoms with E-state index in [0.717, 1.165) is 30.6 Å². The molecule has 0 aliphatic rings. The maximum atomic E-state index is 12.7. The first-order chi connectivity index (χ1) is 14.9. The minimum absolute atomic E-state index is 0.0336. The Kier molecular flexibility index (Phi) is 7.65. The summed E-state index contributed by atoms with van der Waals surface area (Å²) in [6, 6.07) is 22.2. The van der Waals surface area contributed by atoms with Crippen molar-refractivity contribution in [1.29, 1.82) is 5.26 Å². The van der Waals surface area contributed by atoms with Crippen molar-refractivity contribution in [1.82, 2.24) is 0 Å². The second-order valence-electron chi connectivity index (χ2n) is 6.45. The van der Waals surface area contributed by atoms with Crippen LogP contribution in [0.5, 0.6) is 0 Å². The van der Waals surface area contributed by atoms with Crippen molar-refractivity contribution in [3.8, 4) is 27.0 Å². The lowest BCUT2D eigenvalue weighted by Gasteiger charge is -1.96. The minimum atomic E-state index is -0.840. The van der Waals surface area contributed by atoms with E-state index in [-0.39, 0.29) is 18.1 Å². The Labute approximate surface area is 186 Å². The summed E-state index contributed by atoms with van der Waals surface area (Å²) in [4.78, 5) is 14.4. The van der Waals surface area contributed by atoms with E-state index in [0.29, 0.717) is 6.42 Å². The lowest BCUT2D eigenvalue weighted by Crippen LogP contribution is -1.96. The highest BCUT2D eigenvalue weighted by Crippen LogP contribution is 2.29. The number of rotatable bonds is 5. The van der Waals surface area contributed by atoms with Crippen LogP contribution in [0.2, 0.25) is 0 Å². The lowest BCUT2D eigenvalue weighted by atomic mass is 10.2. The monoisotopic (exact) mass is 453 g/mol. The molecule has 0 spiro atoms. The molecule has 2 aromatic heterocycles. The number of benzene rings is 2. The molecule has 0 fully saturated rings. The smallest absolute Gasteiger partial charge is 0.308 e. The van der Waals surface area contributed by atoms with Crippen LogP contribution in [0.25, 0.3) is 20.9 Å². The second kappa shape index (κ2) is 10.6. The summed E-state index contributed by atoms with van der Waals surface area (Å²) >= 11 is 2.99. The van der Waals surface area contributed by atoms with Gasteiger partial charge >= 0.3 is 5.97 Å². The number of carboxylic acid groups (broad SMARTS) is 1. The summed E-state index contributed by atoms with van der Waals surface area (Å²) in [5.41, 5.74) is 1.90. The Bertz CT molecular complexity index is 1190. The third-order valence-corrected chi connectivity index (χ3v) is 6.43. The van der Waals surface area contributed by atoms with Crippen LogP contribution >= 0.6 is 22.7 Å². The van der Waals surface area contributed by atoms with E-state index in [1.54, 1.807) is 41.7 Å². The molecule has 31 heavy (non-hydrogen) atoms. The highest BCUT2D eigenvalue weighted by Gasteiger charge is 2.06. The van der Waals surface area contributed by atoms with E-state index < -0.39 is 5.97 Å². The molecular weight excluding hydrogens is 436 g/mol. The zero-order valence-corrected chi connectivity index (χ0v) is 17.9. The minimum Gasteiger partial charge on any atom is -0.481 e. The SMILES string of the molecule is N#CCc1ccc(-c2ccc(F)cc2)s1.O=C(O)Cc1ccc(-c2ccc(F)cc2)s1. The van der Waals surface area contributed by atoms with Crippen molar-refractivity contribution in [2.75, 3.05) is 0 Å². The molecule has 156 valence electrons. The van der Waals surface area contributed by atoms with Crippen molar-refractivity contribution in [2.45, 2.75) is 12.8 Å². The highest BCUT2D eigenvalue weighted by atomic mass is 32.1. The van der Waals surface area contributed by atoms with Gasteiger partial charge in [0.2, 0.25) is 0 Å². The van der Waals surface area contributed by atoms with E-state index in [1.165, 1.54) is 35.6 Å². The third kappa shape index (κ3) is 6.57. The largest absolute Gasteiger partial charge is 0.481 e. The topological polar surface area (TPSA) is 61.1 Å². The van der Waals surface area contributed by atoms with Crippen LogP contribution in [0.3, 0.4) is 0 Å². The Hall–Kier alpha value is -3.34. The Balaban J connectivity index is 0.000000176. The summed E-state index contributed by atoms with van der Waals surface area (Å²) in [5, 5.41) is 17.2. The van der Waals surface area contributed by atoms with Gasteiger partial charge in [0.25, 0.3) is 0 Å². The zero-order valence-electron chi connectivity index (χ0n) is 16.2. The Morgan fingerprint density at radius 2 is 1.23 bits per heavy atom. The van der Waals surface area contributed by atoms with E-state index in [1.807, 2.05) is 18.2 Å². The first-order valence-electron chi connectivity index (χ1n) is 9.22. The molecule has 1 N–H and O–H groups in total. The summed E-state index contributed by atoms with van der Waals surface area (Å²) in [6.07, 6.45) is 0.470. The summed E-state index contributed by atoms with van der Waals surface area (Å²) < 4.78 is 25.4. The molecule has 0 radical (unpaired) electrons. The van der Waals surface area contributed by atoms with E-state index >= 15 is 0 Å². The van der Waals surface area contributed by atoms with Gasteiger partial charge in [-0.15, -0.1) is 22.7 Å². The zero-order chi connectivity index (χ0) is 22.2. The summed E-state index contributed by atoms with van der Waals surface area (Å²) in [5.74, 6) is -1.34. The van der Waals surface area contributed by atoms with Crippen molar-refractivity contribution in [3.05, 3.63) is 94.2 Å². The fourth-order valence-electron chi connectivity index (χ4n) is 2.71.